The molecule has 4 aromatic rings. The maximum Gasteiger partial charge on any atom is 3.00 e. The van der Waals surface area contributed by atoms with Crippen molar-refractivity contribution in [2.75, 3.05) is 0 Å². The van der Waals surface area contributed by atoms with Crippen LogP contribution in [0.25, 0.3) is 32.7 Å². The molecule has 0 heterocycles. The van der Waals surface area contributed by atoms with Gasteiger partial charge in [0.1, 0.15) is 0 Å². The predicted octanol–water partition coefficient (Wildman–Crippen LogP) is -0.0532. The van der Waals surface area contributed by atoms with Crippen LogP contribution in [0.3, 0.4) is 0 Å². The average Bonchev–Trinajstić information content (AvgIpc) is 2.97. The molecule has 0 aliphatic heterocycles. The predicted molar refractivity (Wildman–Crippen MR) is 91.9 cm³/mol. The van der Waals surface area contributed by atoms with Gasteiger partial charge in [-0.05, 0) is 22.8 Å². The first-order valence-corrected chi connectivity index (χ1v) is 7.53. The van der Waals surface area contributed by atoms with Crippen LogP contribution in [0.5, 0.6) is 0 Å². The molecule has 0 unspecified atom stereocenters. The van der Waals surface area contributed by atoms with Crippen LogP contribution in [-0.4, -0.2) is 0 Å². The first-order chi connectivity index (χ1) is 10.4. The molecule has 0 fully saturated rings. The van der Waals surface area contributed by atoms with Crippen molar-refractivity contribution >= 4 is 21.5 Å². The van der Waals surface area contributed by atoms with Crippen molar-refractivity contribution in [1.82, 2.24) is 0 Å². The Kier molecular flexibility index (Phi) is 7.64. The molecule has 0 aromatic heterocycles. The zero-order valence-electron chi connectivity index (χ0n) is 13.4. The number of rotatable bonds is 2. The van der Waals surface area contributed by atoms with Crippen molar-refractivity contribution in [3.8, 4) is 11.1 Å². The third-order valence-corrected chi connectivity index (χ3v) is 4.30. The zero-order chi connectivity index (χ0) is 14.2. The number of aryl methyl sites for hydroxylation is 1. The van der Waals surface area contributed by atoms with Gasteiger partial charge in [-0.2, -0.15) is 6.07 Å². The summed E-state index contributed by atoms with van der Waals surface area (Å²) >= 11 is 0. The molecule has 24 heavy (non-hydrogen) atoms. The summed E-state index contributed by atoms with van der Waals surface area (Å²) in [5.74, 6) is 0. The molecular weight excluding hydrogens is 371 g/mol. The maximum absolute atomic E-state index is 2.34. The summed E-state index contributed by atoms with van der Waals surface area (Å²) in [6, 6.07) is 26.5. The van der Waals surface area contributed by atoms with Gasteiger partial charge in [0.15, 0.2) is 0 Å². The fraction of sp³-hybridized carbons (Fsp3) is 0.0952. The van der Waals surface area contributed by atoms with E-state index in [0.717, 1.165) is 6.42 Å². The van der Waals surface area contributed by atoms with Crippen LogP contribution < -0.4 is 24.8 Å². The van der Waals surface area contributed by atoms with Crippen molar-refractivity contribution in [3.05, 3.63) is 78.4 Å². The van der Waals surface area contributed by atoms with Gasteiger partial charge in [0.25, 0.3) is 0 Å². The Hall–Kier alpha value is -1.18. The van der Waals surface area contributed by atoms with Crippen LogP contribution in [-0.2, 0) is 28.1 Å². The molecule has 0 atom stereocenters. The second kappa shape index (κ2) is 8.78. The van der Waals surface area contributed by atoms with E-state index in [1.165, 1.54) is 38.2 Å². The summed E-state index contributed by atoms with van der Waals surface area (Å²) in [6.45, 7) is 2.21. The quantitative estimate of drug-likeness (QED) is 0.334. The normalized spacial score (nSPS) is 9.88. The molecule has 0 aliphatic rings. The SMILES string of the molecule is CCc1cc2c(-c3cccc4ccccc34)cccc2[cH-]1.[Cl-].[Cl-].[Ti+3]. The van der Waals surface area contributed by atoms with Gasteiger partial charge in [0, 0.05) is 0 Å². The number of hydrogen-bond donors (Lipinski definition) is 0. The molecule has 0 saturated carbocycles. The first kappa shape index (κ1) is 20.9. The molecule has 3 heteroatoms. The van der Waals surface area contributed by atoms with Gasteiger partial charge in [0.2, 0.25) is 0 Å². The van der Waals surface area contributed by atoms with E-state index < -0.39 is 0 Å². The number of halogens is 2. The van der Waals surface area contributed by atoms with E-state index in [9.17, 15) is 0 Å². The van der Waals surface area contributed by atoms with Gasteiger partial charge in [-0.1, -0.05) is 61.0 Å². The Morgan fingerprint density at radius 1 is 0.750 bits per heavy atom. The summed E-state index contributed by atoms with van der Waals surface area (Å²) in [5, 5.41) is 5.34. The molecule has 1 radical (unpaired) electrons. The van der Waals surface area contributed by atoms with Crippen molar-refractivity contribution in [3.63, 3.8) is 0 Å². The van der Waals surface area contributed by atoms with Crippen LogP contribution in [0.2, 0.25) is 0 Å². The molecule has 4 rings (SSSR count). The molecule has 0 spiro atoms. The summed E-state index contributed by atoms with van der Waals surface area (Å²) in [7, 11) is 0. The second-order valence-corrected chi connectivity index (χ2v) is 5.55. The monoisotopic (exact) mass is 387 g/mol. The van der Waals surface area contributed by atoms with E-state index in [2.05, 4.69) is 79.7 Å². The zero-order valence-corrected chi connectivity index (χ0v) is 16.5. The van der Waals surface area contributed by atoms with Gasteiger partial charge in [-0.15, -0.1) is 34.5 Å². The summed E-state index contributed by atoms with van der Waals surface area (Å²) in [6.07, 6.45) is 1.09. The third kappa shape index (κ3) is 3.58. The van der Waals surface area contributed by atoms with E-state index in [1.807, 2.05) is 0 Å². The van der Waals surface area contributed by atoms with Crippen molar-refractivity contribution in [2.24, 2.45) is 0 Å². The van der Waals surface area contributed by atoms with Gasteiger partial charge in [0.05, 0.1) is 0 Å². The van der Waals surface area contributed by atoms with Crippen molar-refractivity contribution < 1.29 is 46.5 Å². The van der Waals surface area contributed by atoms with E-state index >= 15 is 0 Å². The minimum atomic E-state index is 0. The van der Waals surface area contributed by atoms with E-state index in [1.54, 1.807) is 0 Å². The van der Waals surface area contributed by atoms with Crippen LogP contribution in [0.1, 0.15) is 12.5 Å². The topological polar surface area (TPSA) is 0 Å². The van der Waals surface area contributed by atoms with Crippen LogP contribution >= 0.6 is 0 Å². The summed E-state index contributed by atoms with van der Waals surface area (Å²) in [4.78, 5) is 0. The first-order valence-electron chi connectivity index (χ1n) is 7.53. The fourth-order valence-electron chi connectivity index (χ4n) is 3.20. The number of hydrogen-bond acceptors (Lipinski definition) is 0. The molecular formula is C21H17Cl2Ti. The summed E-state index contributed by atoms with van der Waals surface area (Å²) < 4.78 is 0. The van der Waals surface area contributed by atoms with Gasteiger partial charge < -0.3 is 24.8 Å². The molecule has 0 bridgehead atoms. The number of benzene rings is 3. The third-order valence-electron chi connectivity index (χ3n) is 4.30. The van der Waals surface area contributed by atoms with Gasteiger partial charge in [-0.3, -0.25) is 0 Å². The average molecular weight is 388 g/mol. The summed E-state index contributed by atoms with van der Waals surface area (Å²) in [5.41, 5.74) is 4.08. The van der Waals surface area contributed by atoms with Crippen molar-refractivity contribution in [2.45, 2.75) is 13.3 Å². The second-order valence-electron chi connectivity index (χ2n) is 5.55. The van der Waals surface area contributed by atoms with Gasteiger partial charge >= 0.3 is 21.7 Å². The minimum absolute atomic E-state index is 0. The largest absolute Gasteiger partial charge is 3.00 e. The molecule has 0 nitrogen and oxygen atoms in total. The molecule has 0 amide bonds. The molecule has 4 aromatic carbocycles. The van der Waals surface area contributed by atoms with Crippen LogP contribution in [0.15, 0.2) is 72.8 Å². The van der Waals surface area contributed by atoms with E-state index in [-0.39, 0.29) is 46.5 Å². The Morgan fingerprint density at radius 3 is 2.12 bits per heavy atom. The number of fused-ring (bicyclic) bond motifs is 2. The minimum Gasteiger partial charge on any atom is -1.00 e. The van der Waals surface area contributed by atoms with Crippen LogP contribution in [0, 0.1) is 0 Å². The molecule has 119 valence electrons. The van der Waals surface area contributed by atoms with E-state index in [0.29, 0.717) is 0 Å². The Morgan fingerprint density at radius 2 is 1.38 bits per heavy atom. The van der Waals surface area contributed by atoms with Crippen LogP contribution in [0.4, 0.5) is 0 Å². The van der Waals surface area contributed by atoms with Crippen molar-refractivity contribution in [1.29, 1.82) is 0 Å². The standard InChI is InChI=1S/C21H17.2ClH.Ti/c1-2-15-13-17-9-6-12-20(21(17)14-15)19-11-5-8-16-7-3-4-10-18(16)19;;;/h3-14H,2H2,1H3;2*1H;/q-1;;;+3/p-2. The Labute approximate surface area is 170 Å². The molecule has 0 aliphatic carbocycles. The molecule has 0 N–H and O–H groups in total. The fourth-order valence-corrected chi connectivity index (χ4v) is 3.20. The maximum atomic E-state index is 2.34. The smallest absolute Gasteiger partial charge is 1.00 e. The Bertz CT molecular complexity index is 936. The van der Waals surface area contributed by atoms with Gasteiger partial charge in [-0.25, -0.2) is 0 Å². The van der Waals surface area contributed by atoms with E-state index in [4.69, 9.17) is 0 Å². The molecule has 0 saturated heterocycles. The Balaban J connectivity index is 0.000000960.